The molecule has 1 atom stereocenters. The van der Waals surface area contributed by atoms with Crippen LogP contribution in [0.5, 0.6) is 0 Å². The summed E-state index contributed by atoms with van der Waals surface area (Å²) in [4.78, 5) is 25.3. The summed E-state index contributed by atoms with van der Waals surface area (Å²) in [5.41, 5.74) is 1.89. The predicted molar refractivity (Wildman–Crippen MR) is 88.2 cm³/mol. The van der Waals surface area contributed by atoms with Crippen molar-refractivity contribution in [2.45, 2.75) is 25.8 Å². The molecule has 2 aliphatic rings. The SMILES string of the molecule is O=C(c1cnccn1)N1CCC[C@]2(CCN(Cc3ccoc3)C2)C1. The van der Waals surface area contributed by atoms with Crippen LogP contribution in [-0.4, -0.2) is 51.9 Å². The third-order valence-corrected chi connectivity index (χ3v) is 5.23. The smallest absolute Gasteiger partial charge is 0.274 e. The number of rotatable bonds is 3. The van der Waals surface area contributed by atoms with Crippen LogP contribution in [-0.2, 0) is 6.54 Å². The van der Waals surface area contributed by atoms with Gasteiger partial charge in [0, 0.05) is 49.6 Å². The summed E-state index contributed by atoms with van der Waals surface area (Å²) >= 11 is 0. The molecule has 1 amide bonds. The molecular weight excluding hydrogens is 304 g/mol. The molecule has 2 fully saturated rings. The van der Waals surface area contributed by atoms with E-state index in [4.69, 9.17) is 4.42 Å². The summed E-state index contributed by atoms with van der Waals surface area (Å²) in [5.74, 6) is 0.00968. The minimum atomic E-state index is 0.00968. The Kier molecular flexibility index (Phi) is 4.06. The van der Waals surface area contributed by atoms with E-state index in [1.54, 1.807) is 24.9 Å². The molecule has 24 heavy (non-hydrogen) atoms. The van der Waals surface area contributed by atoms with Gasteiger partial charge in [-0.3, -0.25) is 14.7 Å². The van der Waals surface area contributed by atoms with Crippen molar-refractivity contribution >= 4 is 5.91 Å². The van der Waals surface area contributed by atoms with E-state index in [0.717, 1.165) is 45.6 Å². The molecule has 2 aromatic heterocycles. The molecule has 0 bridgehead atoms. The van der Waals surface area contributed by atoms with Gasteiger partial charge in [0.15, 0.2) is 0 Å². The molecule has 2 saturated heterocycles. The van der Waals surface area contributed by atoms with Crippen molar-refractivity contribution < 1.29 is 9.21 Å². The number of amides is 1. The van der Waals surface area contributed by atoms with Gasteiger partial charge in [0.25, 0.3) is 5.91 Å². The van der Waals surface area contributed by atoms with E-state index < -0.39 is 0 Å². The van der Waals surface area contributed by atoms with Gasteiger partial charge in [-0.15, -0.1) is 0 Å². The Morgan fingerprint density at radius 1 is 1.25 bits per heavy atom. The van der Waals surface area contributed by atoms with Gasteiger partial charge in [0.2, 0.25) is 0 Å². The maximum absolute atomic E-state index is 12.7. The zero-order chi connectivity index (χ0) is 16.4. The molecule has 0 aromatic carbocycles. The lowest BCUT2D eigenvalue weighted by Crippen LogP contribution is -2.47. The fourth-order valence-electron chi connectivity index (χ4n) is 4.09. The molecule has 6 heteroatoms. The molecule has 6 nitrogen and oxygen atoms in total. The monoisotopic (exact) mass is 326 g/mol. The average Bonchev–Trinajstić information content (AvgIpc) is 3.26. The quantitative estimate of drug-likeness (QED) is 0.865. The maximum Gasteiger partial charge on any atom is 0.274 e. The normalized spacial score (nSPS) is 24.6. The summed E-state index contributed by atoms with van der Waals surface area (Å²) in [6, 6.07) is 2.02. The van der Waals surface area contributed by atoms with Crippen LogP contribution in [0.25, 0.3) is 0 Å². The minimum absolute atomic E-state index is 0.00968. The van der Waals surface area contributed by atoms with Crippen LogP contribution in [0.15, 0.2) is 41.6 Å². The highest BCUT2D eigenvalue weighted by Crippen LogP contribution is 2.39. The predicted octanol–water partition coefficient (Wildman–Crippen LogP) is 2.20. The molecule has 2 aliphatic heterocycles. The minimum Gasteiger partial charge on any atom is -0.472 e. The van der Waals surface area contributed by atoms with Crippen LogP contribution in [0.2, 0.25) is 0 Å². The van der Waals surface area contributed by atoms with Crippen LogP contribution in [0.1, 0.15) is 35.3 Å². The van der Waals surface area contributed by atoms with Crippen LogP contribution in [0.3, 0.4) is 0 Å². The van der Waals surface area contributed by atoms with Crippen molar-refractivity contribution in [1.29, 1.82) is 0 Å². The fraction of sp³-hybridized carbons (Fsp3) is 0.500. The lowest BCUT2D eigenvalue weighted by Gasteiger charge is -2.40. The second-order valence-electron chi connectivity index (χ2n) is 7.01. The Morgan fingerprint density at radius 3 is 3.00 bits per heavy atom. The van der Waals surface area contributed by atoms with Crippen LogP contribution in [0.4, 0.5) is 0 Å². The van der Waals surface area contributed by atoms with Crippen molar-refractivity contribution in [3.05, 3.63) is 48.4 Å². The number of carbonyl (C=O) groups is 1. The molecule has 0 aliphatic carbocycles. The van der Waals surface area contributed by atoms with Gasteiger partial charge < -0.3 is 9.32 Å². The number of hydrogen-bond acceptors (Lipinski definition) is 5. The Labute approximate surface area is 141 Å². The number of piperidine rings is 1. The van der Waals surface area contributed by atoms with Gasteiger partial charge in [-0.05, 0) is 31.9 Å². The fourth-order valence-corrected chi connectivity index (χ4v) is 4.09. The lowest BCUT2D eigenvalue weighted by molar-refractivity contribution is 0.0521. The van der Waals surface area contributed by atoms with E-state index in [1.165, 1.54) is 12.0 Å². The largest absolute Gasteiger partial charge is 0.472 e. The zero-order valence-corrected chi connectivity index (χ0v) is 13.7. The van der Waals surface area contributed by atoms with Crippen LogP contribution in [0, 0.1) is 5.41 Å². The Bertz CT molecular complexity index is 688. The van der Waals surface area contributed by atoms with E-state index in [2.05, 4.69) is 14.9 Å². The molecule has 0 saturated carbocycles. The number of aromatic nitrogens is 2. The van der Waals surface area contributed by atoms with Gasteiger partial charge in [-0.25, -0.2) is 4.98 Å². The van der Waals surface area contributed by atoms with Crippen molar-refractivity contribution in [3.63, 3.8) is 0 Å². The average molecular weight is 326 g/mol. The number of likely N-dealkylation sites (tertiary alicyclic amines) is 2. The number of hydrogen-bond donors (Lipinski definition) is 0. The topological polar surface area (TPSA) is 62.5 Å². The van der Waals surface area contributed by atoms with Crippen molar-refractivity contribution in [3.8, 4) is 0 Å². The van der Waals surface area contributed by atoms with Gasteiger partial charge >= 0.3 is 0 Å². The summed E-state index contributed by atoms with van der Waals surface area (Å²) < 4.78 is 5.17. The van der Waals surface area contributed by atoms with Crippen LogP contribution >= 0.6 is 0 Å². The first-order chi connectivity index (χ1) is 11.7. The molecule has 4 heterocycles. The van der Waals surface area contributed by atoms with E-state index >= 15 is 0 Å². The van der Waals surface area contributed by atoms with Gasteiger partial charge in [0.1, 0.15) is 5.69 Å². The third-order valence-electron chi connectivity index (χ3n) is 5.23. The molecule has 1 spiro atoms. The molecule has 0 radical (unpaired) electrons. The van der Waals surface area contributed by atoms with Crippen LogP contribution < -0.4 is 0 Å². The van der Waals surface area contributed by atoms with E-state index in [0.29, 0.717) is 5.69 Å². The van der Waals surface area contributed by atoms with Gasteiger partial charge in [-0.1, -0.05) is 0 Å². The number of carbonyl (C=O) groups excluding carboxylic acids is 1. The Balaban J connectivity index is 1.42. The first-order valence-electron chi connectivity index (χ1n) is 8.53. The van der Waals surface area contributed by atoms with Gasteiger partial charge in [-0.2, -0.15) is 0 Å². The third kappa shape index (κ3) is 3.06. The second kappa shape index (κ2) is 6.36. The maximum atomic E-state index is 12.7. The molecule has 0 unspecified atom stereocenters. The van der Waals surface area contributed by atoms with Gasteiger partial charge in [0.05, 0.1) is 18.7 Å². The molecule has 4 rings (SSSR count). The highest BCUT2D eigenvalue weighted by atomic mass is 16.3. The molecule has 126 valence electrons. The standard InChI is InChI=1S/C18H22N4O2/c23-17(16-10-19-5-6-20-16)22-7-1-3-18(14-22)4-8-21(13-18)11-15-2-9-24-12-15/h2,5-6,9-10,12H,1,3-4,7-8,11,13-14H2/t18-/m1/s1. The van der Waals surface area contributed by atoms with E-state index in [9.17, 15) is 4.79 Å². The highest BCUT2D eigenvalue weighted by molar-refractivity contribution is 5.92. The molecule has 0 N–H and O–H groups in total. The lowest BCUT2D eigenvalue weighted by atomic mass is 9.79. The first kappa shape index (κ1) is 15.3. The summed E-state index contributed by atoms with van der Waals surface area (Å²) in [6.07, 6.45) is 11.7. The Hall–Kier alpha value is -2.21. The Morgan fingerprint density at radius 2 is 2.21 bits per heavy atom. The molecule has 2 aromatic rings. The van der Waals surface area contributed by atoms with Crippen molar-refractivity contribution in [2.24, 2.45) is 5.41 Å². The first-order valence-corrected chi connectivity index (χ1v) is 8.53. The van der Waals surface area contributed by atoms with E-state index in [1.807, 2.05) is 17.2 Å². The second-order valence-corrected chi connectivity index (χ2v) is 7.01. The summed E-state index contributed by atoms with van der Waals surface area (Å²) in [7, 11) is 0. The summed E-state index contributed by atoms with van der Waals surface area (Å²) in [5, 5.41) is 0. The highest BCUT2D eigenvalue weighted by Gasteiger charge is 2.42. The van der Waals surface area contributed by atoms with Crippen molar-refractivity contribution in [2.75, 3.05) is 26.2 Å². The number of furan rings is 1. The zero-order valence-electron chi connectivity index (χ0n) is 13.7. The summed E-state index contributed by atoms with van der Waals surface area (Å²) in [6.45, 7) is 4.69. The molecular formula is C18H22N4O2. The van der Waals surface area contributed by atoms with E-state index in [-0.39, 0.29) is 11.3 Å². The van der Waals surface area contributed by atoms with Crippen molar-refractivity contribution in [1.82, 2.24) is 19.8 Å². The number of nitrogens with zero attached hydrogens (tertiary/aromatic N) is 4.